The first kappa shape index (κ1) is 24.2. The minimum absolute atomic E-state index is 0.202. The van der Waals surface area contributed by atoms with Crippen LogP contribution in [-0.2, 0) is 6.42 Å². The Balaban J connectivity index is 1.51. The molecule has 1 aliphatic heterocycles. The normalized spacial score (nSPS) is 15.6. The van der Waals surface area contributed by atoms with Crippen molar-refractivity contribution >= 4 is 11.6 Å². The second-order valence-corrected chi connectivity index (χ2v) is 8.83. The van der Waals surface area contributed by atoms with Gasteiger partial charge >= 0.3 is 6.03 Å². The number of carbonyl (C=O) groups is 1. The summed E-state index contributed by atoms with van der Waals surface area (Å²) < 4.78 is 24.9. The molecule has 0 saturated heterocycles. The Labute approximate surface area is 214 Å². The van der Waals surface area contributed by atoms with Crippen molar-refractivity contribution in [3.05, 3.63) is 107 Å². The first-order chi connectivity index (χ1) is 18.0. The summed E-state index contributed by atoms with van der Waals surface area (Å²) in [6, 6.07) is 23.0. The number of ether oxygens (including phenoxy) is 1. The van der Waals surface area contributed by atoms with Gasteiger partial charge in [0, 0.05) is 17.8 Å². The van der Waals surface area contributed by atoms with Gasteiger partial charge in [0.05, 0.1) is 18.7 Å². The highest BCUT2D eigenvalue weighted by molar-refractivity contribution is 5.87. The van der Waals surface area contributed by atoms with Gasteiger partial charge in [-0.05, 0) is 55.2 Å². The molecule has 1 aromatic heterocycles. The maximum atomic E-state index is 13.8. The molecule has 2 heterocycles. The molecule has 5 rings (SSSR count). The zero-order valence-electron chi connectivity index (χ0n) is 20.6. The molecular weight excluding hydrogens is 471 g/mol. The number of hydrogen-bond acceptors (Lipinski definition) is 5. The molecule has 0 radical (unpaired) electrons. The summed E-state index contributed by atoms with van der Waals surface area (Å²) in [5, 5.41) is 7.21. The number of rotatable bonds is 8. The van der Waals surface area contributed by atoms with E-state index in [1.165, 1.54) is 17.7 Å². The van der Waals surface area contributed by atoms with Crippen molar-refractivity contribution in [3.8, 4) is 17.1 Å². The first-order valence-electron chi connectivity index (χ1n) is 12.1. The second kappa shape index (κ2) is 10.7. The third-order valence-electron chi connectivity index (χ3n) is 6.45. The molecule has 1 aliphatic rings. The minimum atomic E-state index is -0.534. The zero-order chi connectivity index (χ0) is 25.8. The molecule has 0 bridgehead atoms. The lowest BCUT2D eigenvalue weighted by molar-refractivity contribution is 0.204. The number of aromatic nitrogens is 2. The SMILES string of the molecule is COc1cccc(C2NC(=O)N(CCCc3ccccc3)C(C)=C2c2nc(-c3cccc(F)c3)no2)c1. The molecule has 7 nitrogen and oxygen atoms in total. The maximum absolute atomic E-state index is 13.8. The topological polar surface area (TPSA) is 80.5 Å². The highest BCUT2D eigenvalue weighted by Gasteiger charge is 2.35. The van der Waals surface area contributed by atoms with Gasteiger partial charge in [0.1, 0.15) is 11.6 Å². The van der Waals surface area contributed by atoms with Crippen LogP contribution in [0.4, 0.5) is 9.18 Å². The lowest BCUT2D eigenvalue weighted by atomic mass is 9.94. The maximum Gasteiger partial charge on any atom is 0.322 e. The molecule has 37 heavy (non-hydrogen) atoms. The third-order valence-corrected chi connectivity index (χ3v) is 6.45. The molecule has 8 heteroatoms. The van der Waals surface area contributed by atoms with Crippen molar-refractivity contribution in [2.75, 3.05) is 13.7 Å². The van der Waals surface area contributed by atoms with E-state index < -0.39 is 6.04 Å². The van der Waals surface area contributed by atoms with Gasteiger partial charge in [0.15, 0.2) is 0 Å². The van der Waals surface area contributed by atoms with Gasteiger partial charge < -0.3 is 14.6 Å². The van der Waals surface area contributed by atoms with Crippen LogP contribution < -0.4 is 10.1 Å². The summed E-state index contributed by atoms with van der Waals surface area (Å²) in [5.74, 6) is 0.812. The monoisotopic (exact) mass is 498 g/mol. The largest absolute Gasteiger partial charge is 0.497 e. The lowest BCUT2D eigenvalue weighted by Crippen LogP contribution is -2.46. The van der Waals surface area contributed by atoms with E-state index in [1.54, 1.807) is 24.1 Å². The minimum Gasteiger partial charge on any atom is -0.497 e. The van der Waals surface area contributed by atoms with Crippen LogP contribution in [0.5, 0.6) is 5.75 Å². The Hall–Kier alpha value is -4.46. The van der Waals surface area contributed by atoms with Crippen LogP contribution in [0.15, 0.2) is 89.1 Å². The van der Waals surface area contributed by atoms with E-state index in [4.69, 9.17) is 9.26 Å². The Kier molecular flexibility index (Phi) is 6.98. The molecule has 0 aliphatic carbocycles. The van der Waals surface area contributed by atoms with Gasteiger partial charge in [-0.1, -0.05) is 59.8 Å². The average molecular weight is 499 g/mol. The van der Waals surface area contributed by atoms with Gasteiger partial charge in [0.25, 0.3) is 5.89 Å². The van der Waals surface area contributed by atoms with Crippen LogP contribution in [0, 0.1) is 5.82 Å². The van der Waals surface area contributed by atoms with Crippen molar-refractivity contribution in [1.29, 1.82) is 0 Å². The fourth-order valence-electron chi connectivity index (χ4n) is 4.56. The fourth-order valence-corrected chi connectivity index (χ4v) is 4.56. The molecule has 188 valence electrons. The highest BCUT2D eigenvalue weighted by Crippen LogP contribution is 2.38. The Morgan fingerprint density at radius 3 is 2.65 bits per heavy atom. The molecule has 0 spiro atoms. The molecule has 2 amide bonds. The number of urea groups is 1. The zero-order valence-corrected chi connectivity index (χ0v) is 20.6. The van der Waals surface area contributed by atoms with E-state index in [1.807, 2.05) is 49.4 Å². The molecule has 3 aromatic carbocycles. The number of nitrogens with one attached hydrogen (secondary N) is 1. The fraction of sp³-hybridized carbons (Fsp3) is 0.207. The van der Waals surface area contributed by atoms with E-state index in [-0.39, 0.29) is 23.6 Å². The molecule has 1 unspecified atom stereocenters. The van der Waals surface area contributed by atoms with Crippen molar-refractivity contribution in [2.24, 2.45) is 0 Å². The summed E-state index contributed by atoms with van der Waals surface area (Å²) in [5.41, 5.74) is 3.94. The number of allylic oxidation sites excluding steroid dienone is 1. The van der Waals surface area contributed by atoms with Crippen LogP contribution in [0.3, 0.4) is 0 Å². The second-order valence-electron chi connectivity index (χ2n) is 8.83. The summed E-state index contributed by atoms with van der Waals surface area (Å²) in [6.45, 7) is 2.40. The average Bonchev–Trinajstić information content (AvgIpc) is 3.41. The van der Waals surface area contributed by atoms with Gasteiger partial charge in [-0.3, -0.25) is 4.90 Å². The predicted molar refractivity (Wildman–Crippen MR) is 138 cm³/mol. The van der Waals surface area contributed by atoms with E-state index >= 15 is 0 Å². The van der Waals surface area contributed by atoms with Gasteiger partial charge in [-0.15, -0.1) is 0 Å². The first-order valence-corrected chi connectivity index (χ1v) is 12.1. The van der Waals surface area contributed by atoms with Crippen LogP contribution >= 0.6 is 0 Å². The van der Waals surface area contributed by atoms with Crippen LogP contribution in [0.1, 0.15) is 36.4 Å². The number of benzene rings is 3. The van der Waals surface area contributed by atoms with Crippen LogP contribution in [0.25, 0.3) is 17.0 Å². The smallest absolute Gasteiger partial charge is 0.322 e. The molecule has 1 N–H and O–H groups in total. The molecule has 0 fully saturated rings. The number of halogens is 1. The summed E-state index contributed by atoms with van der Waals surface area (Å²) in [6.07, 6.45) is 1.63. The van der Waals surface area contributed by atoms with Crippen LogP contribution in [-0.4, -0.2) is 34.7 Å². The van der Waals surface area contributed by atoms with Crippen molar-refractivity contribution in [2.45, 2.75) is 25.8 Å². The third kappa shape index (κ3) is 5.23. The number of aryl methyl sites for hydroxylation is 1. The quantitative estimate of drug-likeness (QED) is 0.322. The van der Waals surface area contributed by atoms with E-state index in [2.05, 4.69) is 27.6 Å². The highest BCUT2D eigenvalue weighted by atomic mass is 19.1. The lowest BCUT2D eigenvalue weighted by Gasteiger charge is -2.35. The summed E-state index contributed by atoms with van der Waals surface area (Å²) >= 11 is 0. The summed E-state index contributed by atoms with van der Waals surface area (Å²) in [7, 11) is 1.60. The van der Waals surface area contributed by atoms with Crippen LogP contribution in [0.2, 0.25) is 0 Å². The van der Waals surface area contributed by atoms with E-state index in [9.17, 15) is 9.18 Å². The number of methoxy groups -OCH3 is 1. The van der Waals surface area contributed by atoms with Crippen molar-refractivity contribution in [1.82, 2.24) is 20.4 Å². The Bertz CT molecular complexity index is 1430. The molecule has 4 aromatic rings. The number of nitrogens with zero attached hydrogens (tertiary/aromatic N) is 3. The Morgan fingerprint density at radius 1 is 1.05 bits per heavy atom. The predicted octanol–water partition coefficient (Wildman–Crippen LogP) is 6.01. The molecule has 1 atom stereocenters. The molecule has 0 saturated carbocycles. The number of amides is 2. The number of hydrogen-bond donors (Lipinski definition) is 1. The van der Waals surface area contributed by atoms with E-state index in [0.717, 1.165) is 24.1 Å². The van der Waals surface area contributed by atoms with E-state index in [0.29, 0.717) is 23.4 Å². The van der Waals surface area contributed by atoms with Gasteiger partial charge in [0.2, 0.25) is 5.82 Å². The van der Waals surface area contributed by atoms with Gasteiger partial charge in [-0.25, -0.2) is 9.18 Å². The summed E-state index contributed by atoms with van der Waals surface area (Å²) in [4.78, 5) is 19.6. The molecular formula is C29H27FN4O3. The van der Waals surface area contributed by atoms with Gasteiger partial charge in [-0.2, -0.15) is 4.98 Å². The standard InChI is InChI=1S/C29H27FN4O3/c1-19-25(28-32-27(33-37-28)22-13-6-14-23(30)17-22)26(21-12-7-15-24(18-21)36-2)31-29(35)34(19)16-8-11-20-9-4-3-5-10-20/h3-7,9-10,12-15,17-18,26H,8,11,16H2,1-2H3,(H,31,35). The number of carbonyl (C=O) groups excluding carboxylic acids is 1. The van der Waals surface area contributed by atoms with Crippen molar-refractivity contribution in [3.63, 3.8) is 0 Å². The van der Waals surface area contributed by atoms with Crippen molar-refractivity contribution < 1.29 is 18.4 Å². The Morgan fingerprint density at radius 2 is 1.86 bits per heavy atom.